The molecule has 2 heteroatoms. The summed E-state index contributed by atoms with van der Waals surface area (Å²) in [5.41, 5.74) is 0. The molecular formula is C8H16N2. The molecule has 0 saturated carbocycles. The number of rotatable bonds is 4. The van der Waals surface area contributed by atoms with Crippen LogP contribution in [0.15, 0.2) is 17.3 Å². The van der Waals surface area contributed by atoms with Crippen molar-refractivity contribution in [3.8, 4) is 0 Å². The fourth-order valence-electron chi connectivity index (χ4n) is 0.421. The summed E-state index contributed by atoms with van der Waals surface area (Å²) in [6.07, 6.45) is 6.72. The lowest BCUT2D eigenvalue weighted by molar-refractivity contribution is 0.835. The Morgan fingerprint density at radius 2 is 2.20 bits per heavy atom. The molecular weight excluding hydrogens is 124 g/mol. The Morgan fingerprint density at radius 3 is 2.70 bits per heavy atom. The van der Waals surface area contributed by atoms with Crippen LogP contribution in [-0.2, 0) is 0 Å². The molecule has 0 unspecified atom stereocenters. The van der Waals surface area contributed by atoms with E-state index in [9.17, 15) is 0 Å². The minimum atomic E-state index is 0.377. The Bertz CT molecular complexity index is 114. The number of nitrogens with zero attached hydrogens (tertiary/aromatic N) is 1. The molecule has 1 N–H and O–H groups in total. The molecule has 0 aliphatic rings. The molecule has 0 fully saturated rings. The van der Waals surface area contributed by atoms with Gasteiger partial charge < -0.3 is 5.32 Å². The van der Waals surface area contributed by atoms with Gasteiger partial charge in [0.15, 0.2) is 0 Å². The minimum absolute atomic E-state index is 0.377. The van der Waals surface area contributed by atoms with E-state index in [0.29, 0.717) is 6.04 Å². The SMILES string of the molecule is CC/C=C/NC=NC(C)C. The fourth-order valence-corrected chi connectivity index (χ4v) is 0.421. The van der Waals surface area contributed by atoms with E-state index in [1.54, 1.807) is 6.34 Å². The maximum Gasteiger partial charge on any atom is 0.0866 e. The average molecular weight is 140 g/mol. The zero-order valence-electron chi connectivity index (χ0n) is 6.96. The van der Waals surface area contributed by atoms with E-state index in [2.05, 4.69) is 17.2 Å². The highest BCUT2D eigenvalue weighted by molar-refractivity contribution is 5.55. The highest BCUT2D eigenvalue weighted by atomic mass is 14.9. The number of aliphatic imine (C=N–C) groups is 1. The molecule has 10 heavy (non-hydrogen) atoms. The van der Waals surface area contributed by atoms with Crippen molar-refractivity contribution in [1.29, 1.82) is 0 Å². The highest BCUT2D eigenvalue weighted by Gasteiger charge is 1.79. The van der Waals surface area contributed by atoms with Crippen LogP contribution in [0.1, 0.15) is 27.2 Å². The van der Waals surface area contributed by atoms with Crippen molar-refractivity contribution < 1.29 is 0 Å². The second-order valence-corrected chi connectivity index (χ2v) is 2.35. The normalized spacial score (nSPS) is 12.0. The number of hydrogen-bond donors (Lipinski definition) is 1. The summed E-state index contributed by atoms with van der Waals surface area (Å²) in [6.45, 7) is 6.18. The van der Waals surface area contributed by atoms with Crippen LogP contribution in [0.5, 0.6) is 0 Å². The van der Waals surface area contributed by atoms with Crippen molar-refractivity contribution in [3.05, 3.63) is 12.3 Å². The molecule has 0 aromatic rings. The minimum Gasteiger partial charge on any atom is -0.353 e. The quantitative estimate of drug-likeness (QED) is 0.468. The molecule has 0 aliphatic heterocycles. The van der Waals surface area contributed by atoms with Gasteiger partial charge in [0.1, 0.15) is 0 Å². The van der Waals surface area contributed by atoms with Gasteiger partial charge in [-0.25, -0.2) is 0 Å². The van der Waals surface area contributed by atoms with Crippen molar-refractivity contribution in [2.45, 2.75) is 33.2 Å². The second-order valence-electron chi connectivity index (χ2n) is 2.35. The summed E-state index contributed by atoms with van der Waals surface area (Å²) >= 11 is 0. The first-order valence-corrected chi connectivity index (χ1v) is 3.70. The van der Waals surface area contributed by atoms with Crippen LogP contribution in [-0.4, -0.2) is 12.4 Å². The molecule has 58 valence electrons. The maximum absolute atomic E-state index is 4.11. The van der Waals surface area contributed by atoms with E-state index in [1.807, 2.05) is 26.1 Å². The van der Waals surface area contributed by atoms with E-state index in [-0.39, 0.29) is 0 Å². The third-order valence-corrected chi connectivity index (χ3v) is 0.897. The Morgan fingerprint density at radius 1 is 1.50 bits per heavy atom. The first kappa shape index (κ1) is 9.21. The largest absolute Gasteiger partial charge is 0.353 e. The topological polar surface area (TPSA) is 24.4 Å². The van der Waals surface area contributed by atoms with Crippen molar-refractivity contribution in [1.82, 2.24) is 5.32 Å². The molecule has 0 aliphatic carbocycles. The molecule has 0 aromatic heterocycles. The summed E-state index contributed by atoms with van der Waals surface area (Å²) in [5, 5.41) is 2.95. The molecule has 0 spiro atoms. The van der Waals surface area contributed by atoms with Gasteiger partial charge in [0.25, 0.3) is 0 Å². The van der Waals surface area contributed by atoms with Crippen LogP contribution in [0, 0.1) is 0 Å². The lowest BCUT2D eigenvalue weighted by Gasteiger charge is -1.93. The van der Waals surface area contributed by atoms with E-state index in [0.717, 1.165) is 6.42 Å². The molecule has 0 amide bonds. The zero-order valence-corrected chi connectivity index (χ0v) is 6.96. The van der Waals surface area contributed by atoms with Gasteiger partial charge >= 0.3 is 0 Å². The third-order valence-electron chi connectivity index (χ3n) is 0.897. The Balaban J connectivity index is 3.26. The molecule has 2 nitrogen and oxygen atoms in total. The van der Waals surface area contributed by atoms with Crippen molar-refractivity contribution in [2.75, 3.05) is 0 Å². The summed E-state index contributed by atoms with van der Waals surface area (Å²) in [5.74, 6) is 0. The highest BCUT2D eigenvalue weighted by Crippen LogP contribution is 1.81. The third kappa shape index (κ3) is 7.21. The van der Waals surface area contributed by atoms with Crippen LogP contribution in [0.3, 0.4) is 0 Å². The van der Waals surface area contributed by atoms with Crippen molar-refractivity contribution in [2.24, 2.45) is 4.99 Å². The average Bonchev–Trinajstić information content (AvgIpc) is 1.87. The van der Waals surface area contributed by atoms with Crippen LogP contribution in [0.4, 0.5) is 0 Å². The summed E-state index contributed by atoms with van der Waals surface area (Å²) in [6, 6.07) is 0.377. The summed E-state index contributed by atoms with van der Waals surface area (Å²) in [4.78, 5) is 4.11. The number of nitrogens with one attached hydrogen (secondary N) is 1. The summed E-state index contributed by atoms with van der Waals surface area (Å²) < 4.78 is 0. The Labute approximate surface area is 63.0 Å². The standard InChI is InChI=1S/C8H16N2/c1-4-5-6-9-7-10-8(2)3/h5-8H,4H2,1-3H3,(H,9,10)/b6-5+. The van der Waals surface area contributed by atoms with Gasteiger partial charge in [-0.15, -0.1) is 0 Å². The second kappa shape index (κ2) is 6.33. The van der Waals surface area contributed by atoms with E-state index in [4.69, 9.17) is 0 Å². The Kier molecular flexibility index (Phi) is 5.83. The zero-order chi connectivity index (χ0) is 7.82. The van der Waals surface area contributed by atoms with E-state index in [1.165, 1.54) is 0 Å². The molecule has 0 heterocycles. The molecule has 0 bridgehead atoms. The molecule has 0 rings (SSSR count). The first-order chi connectivity index (χ1) is 4.77. The van der Waals surface area contributed by atoms with Crippen molar-refractivity contribution in [3.63, 3.8) is 0 Å². The van der Waals surface area contributed by atoms with Gasteiger partial charge in [-0.1, -0.05) is 13.0 Å². The van der Waals surface area contributed by atoms with Gasteiger partial charge in [0, 0.05) is 6.04 Å². The van der Waals surface area contributed by atoms with E-state index >= 15 is 0 Å². The Hall–Kier alpha value is -0.790. The predicted octanol–water partition coefficient (Wildman–Crippen LogP) is 1.94. The van der Waals surface area contributed by atoms with Crippen LogP contribution in [0.25, 0.3) is 0 Å². The van der Waals surface area contributed by atoms with Gasteiger partial charge in [-0.2, -0.15) is 0 Å². The van der Waals surface area contributed by atoms with Crippen molar-refractivity contribution >= 4 is 6.34 Å². The smallest absolute Gasteiger partial charge is 0.0866 e. The maximum atomic E-state index is 4.11. The molecule has 0 atom stereocenters. The lowest BCUT2D eigenvalue weighted by atomic mass is 10.4. The lowest BCUT2D eigenvalue weighted by Crippen LogP contribution is -2.02. The van der Waals surface area contributed by atoms with Gasteiger partial charge in [-0.05, 0) is 26.5 Å². The van der Waals surface area contributed by atoms with E-state index < -0.39 is 0 Å². The molecule has 0 saturated heterocycles. The number of allylic oxidation sites excluding steroid dienone is 1. The molecule has 0 radical (unpaired) electrons. The fraction of sp³-hybridized carbons (Fsp3) is 0.625. The van der Waals surface area contributed by atoms with Gasteiger partial charge in [0.2, 0.25) is 0 Å². The van der Waals surface area contributed by atoms with Crippen LogP contribution >= 0.6 is 0 Å². The summed E-state index contributed by atoms with van der Waals surface area (Å²) in [7, 11) is 0. The van der Waals surface area contributed by atoms with Gasteiger partial charge in [-0.3, -0.25) is 4.99 Å². The molecule has 0 aromatic carbocycles. The monoisotopic (exact) mass is 140 g/mol. The van der Waals surface area contributed by atoms with Crippen LogP contribution < -0.4 is 5.32 Å². The number of hydrogen-bond acceptors (Lipinski definition) is 1. The first-order valence-electron chi connectivity index (χ1n) is 3.70. The van der Waals surface area contributed by atoms with Crippen LogP contribution in [0.2, 0.25) is 0 Å². The van der Waals surface area contributed by atoms with Gasteiger partial charge in [0.05, 0.1) is 6.34 Å². The predicted molar refractivity (Wildman–Crippen MR) is 46.2 cm³/mol.